The van der Waals surface area contributed by atoms with Gasteiger partial charge in [-0.25, -0.2) is 0 Å². The molecule has 128 valence electrons. The van der Waals surface area contributed by atoms with Crippen LogP contribution >= 0.6 is 0 Å². The van der Waals surface area contributed by atoms with Gasteiger partial charge in [0.2, 0.25) is 5.91 Å². The van der Waals surface area contributed by atoms with Gasteiger partial charge in [0, 0.05) is 12.2 Å². The van der Waals surface area contributed by atoms with E-state index in [0.717, 1.165) is 18.7 Å². The van der Waals surface area contributed by atoms with E-state index in [4.69, 9.17) is 4.74 Å². The summed E-state index contributed by atoms with van der Waals surface area (Å²) in [7, 11) is 0. The van der Waals surface area contributed by atoms with Crippen molar-refractivity contribution in [1.82, 2.24) is 15.1 Å². The number of rotatable bonds is 7. The van der Waals surface area contributed by atoms with Crippen LogP contribution in [0.3, 0.4) is 0 Å². The Morgan fingerprint density at radius 2 is 2.17 bits per heavy atom. The first-order valence-corrected chi connectivity index (χ1v) is 8.44. The van der Waals surface area contributed by atoms with Crippen LogP contribution in [0.15, 0.2) is 42.7 Å². The van der Waals surface area contributed by atoms with Crippen molar-refractivity contribution >= 4 is 11.6 Å². The second-order valence-electron chi connectivity index (χ2n) is 6.11. The predicted octanol–water partition coefficient (Wildman–Crippen LogP) is 1.88. The van der Waals surface area contributed by atoms with Gasteiger partial charge in [-0.15, -0.1) is 0 Å². The first-order chi connectivity index (χ1) is 11.8. The summed E-state index contributed by atoms with van der Waals surface area (Å²) in [4.78, 5) is 12.5. The van der Waals surface area contributed by atoms with Crippen LogP contribution in [0.1, 0.15) is 18.9 Å². The molecule has 2 atom stereocenters. The zero-order chi connectivity index (χ0) is 16.8. The Morgan fingerprint density at radius 1 is 1.33 bits per heavy atom. The first kappa shape index (κ1) is 16.7. The van der Waals surface area contributed by atoms with E-state index in [0.29, 0.717) is 19.8 Å². The van der Waals surface area contributed by atoms with Gasteiger partial charge in [0.25, 0.3) is 0 Å². The van der Waals surface area contributed by atoms with Crippen LogP contribution in [0.4, 0.5) is 5.69 Å². The number of amides is 1. The SMILES string of the molecule is CCCNC1COCC1C(=O)Nc1cnn(Cc2ccccc2)c1. The molecule has 2 heterocycles. The van der Waals surface area contributed by atoms with Gasteiger partial charge >= 0.3 is 0 Å². The van der Waals surface area contributed by atoms with E-state index in [1.807, 2.05) is 29.1 Å². The molecule has 6 nitrogen and oxygen atoms in total. The molecule has 2 N–H and O–H groups in total. The van der Waals surface area contributed by atoms with Crippen LogP contribution < -0.4 is 10.6 Å². The molecule has 0 aliphatic carbocycles. The molecule has 1 aliphatic heterocycles. The van der Waals surface area contributed by atoms with Gasteiger partial charge in [-0.1, -0.05) is 37.3 Å². The van der Waals surface area contributed by atoms with Gasteiger partial charge < -0.3 is 15.4 Å². The van der Waals surface area contributed by atoms with Crippen molar-refractivity contribution < 1.29 is 9.53 Å². The first-order valence-electron chi connectivity index (χ1n) is 8.44. The maximum absolute atomic E-state index is 12.5. The number of nitrogens with zero attached hydrogens (tertiary/aromatic N) is 2. The fourth-order valence-corrected chi connectivity index (χ4v) is 2.86. The number of nitrogens with one attached hydrogen (secondary N) is 2. The van der Waals surface area contributed by atoms with E-state index in [9.17, 15) is 4.79 Å². The standard InChI is InChI=1S/C18H24N4O2/c1-2-8-19-17-13-24-12-16(17)18(23)21-15-9-20-22(11-15)10-14-6-4-3-5-7-14/h3-7,9,11,16-17,19H,2,8,10,12-13H2,1H3,(H,21,23). The Hall–Kier alpha value is -2.18. The van der Waals surface area contributed by atoms with Crippen molar-refractivity contribution in [2.45, 2.75) is 25.9 Å². The van der Waals surface area contributed by atoms with Crippen LogP contribution in [-0.4, -0.2) is 41.5 Å². The third-order valence-corrected chi connectivity index (χ3v) is 4.16. The number of hydrogen-bond donors (Lipinski definition) is 2. The second kappa shape index (κ2) is 8.08. The van der Waals surface area contributed by atoms with E-state index in [1.54, 1.807) is 6.20 Å². The third kappa shape index (κ3) is 4.21. The minimum Gasteiger partial charge on any atom is -0.379 e. The molecule has 1 amide bonds. The number of hydrogen-bond acceptors (Lipinski definition) is 4. The van der Waals surface area contributed by atoms with Crippen LogP contribution in [-0.2, 0) is 16.1 Å². The van der Waals surface area contributed by atoms with Crippen LogP contribution in [0, 0.1) is 5.92 Å². The maximum atomic E-state index is 12.5. The van der Waals surface area contributed by atoms with Crippen molar-refractivity contribution in [3.63, 3.8) is 0 Å². The number of benzene rings is 1. The molecule has 0 radical (unpaired) electrons. The normalized spacial score (nSPS) is 20.2. The highest BCUT2D eigenvalue weighted by molar-refractivity contribution is 5.93. The van der Waals surface area contributed by atoms with Crippen molar-refractivity contribution in [1.29, 1.82) is 0 Å². The highest BCUT2D eigenvalue weighted by Crippen LogP contribution is 2.17. The minimum absolute atomic E-state index is 0.0136. The fraction of sp³-hybridized carbons (Fsp3) is 0.444. The fourth-order valence-electron chi connectivity index (χ4n) is 2.86. The molecule has 2 unspecified atom stereocenters. The monoisotopic (exact) mass is 328 g/mol. The van der Waals surface area contributed by atoms with E-state index < -0.39 is 0 Å². The van der Waals surface area contributed by atoms with E-state index >= 15 is 0 Å². The van der Waals surface area contributed by atoms with Crippen molar-refractivity contribution in [2.75, 3.05) is 25.1 Å². The Kier molecular flexibility index (Phi) is 5.61. The molecule has 1 saturated heterocycles. The van der Waals surface area contributed by atoms with Crippen LogP contribution in [0.2, 0.25) is 0 Å². The lowest BCUT2D eigenvalue weighted by Gasteiger charge is -2.17. The molecule has 1 aromatic carbocycles. The number of ether oxygens (including phenoxy) is 1. The lowest BCUT2D eigenvalue weighted by Crippen LogP contribution is -2.41. The largest absolute Gasteiger partial charge is 0.379 e. The quantitative estimate of drug-likeness (QED) is 0.814. The molecule has 3 rings (SSSR count). The molecule has 1 fully saturated rings. The highest BCUT2D eigenvalue weighted by Gasteiger charge is 2.33. The summed E-state index contributed by atoms with van der Waals surface area (Å²) < 4.78 is 7.29. The molecule has 6 heteroatoms. The molecule has 0 spiro atoms. The number of carbonyl (C=O) groups excluding carboxylic acids is 1. The lowest BCUT2D eigenvalue weighted by molar-refractivity contribution is -0.120. The van der Waals surface area contributed by atoms with Gasteiger partial charge in [0.15, 0.2) is 0 Å². The zero-order valence-corrected chi connectivity index (χ0v) is 13.9. The van der Waals surface area contributed by atoms with E-state index in [2.05, 4.69) is 34.8 Å². The molecule has 24 heavy (non-hydrogen) atoms. The summed E-state index contributed by atoms with van der Waals surface area (Å²) in [5.74, 6) is -0.172. The third-order valence-electron chi connectivity index (χ3n) is 4.16. The smallest absolute Gasteiger partial charge is 0.231 e. The topological polar surface area (TPSA) is 68.2 Å². The minimum atomic E-state index is -0.158. The number of aromatic nitrogens is 2. The summed E-state index contributed by atoms with van der Waals surface area (Å²) in [5.41, 5.74) is 1.89. The Bertz CT molecular complexity index is 656. The number of carbonyl (C=O) groups is 1. The van der Waals surface area contributed by atoms with Crippen LogP contribution in [0.25, 0.3) is 0 Å². The van der Waals surface area contributed by atoms with Crippen LogP contribution in [0.5, 0.6) is 0 Å². The van der Waals surface area contributed by atoms with Gasteiger partial charge in [-0.2, -0.15) is 5.10 Å². The molecule has 0 saturated carbocycles. The molecule has 1 aromatic heterocycles. The molecule has 1 aliphatic rings. The van der Waals surface area contributed by atoms with Gasteiger partial charge in [-0.3, -0.25) is 9.48 Å². The molecule has 2 aromatic rings. The Balaban J connectivity index is 1.57. The Morgan fingerprint density at radius 3 is 2.96 bits per heavy atom. The van der Waals surface area contributed by atoms with Gasteiger partial charge in [-0.05, 0) is 18.5 Å². The van der Waals surface area contributed by atoms with Crippen molar-refractivity contribution in [3.8, 4) is 0 Å². The molecular formula is C18H24N4O2. The molecular weight excluding hydrogens is 304 g/mol. The maximum Gasteiger partial charge on any atom is 0.231 e. The van der Waals surface area contributed by atoms with Gasteiger partial charge in [0.1, 0.15) is 0 Å². The lowest BCUT2D eigenvalue weighted by atomic mass is 10.0. The predicted molar refractivity (Wildman–Crippen MR) is 92.8 cm³/mol. The summed E-state index contributed by atoms with van der Waals surface area (Å²) in [5, 5.41) is 10.6. The Labute approximate surface area is 142 Å². The van der Waals surface area contributed by atoms with Crippen molar-refractivity contribution in [2.24, 2.45) is 5.92 Å². The number of anilines is 1. The summed E-state index contributed by atoms with van der Waals surface area (Å²) in [6, 6.07) is 10.2. The zero-order valence-electron chi connectivity index (χ0n) is 13.9. The highest BCUT2D eigenvalue weighted by atomic mass is 16.5. The molecule has 0 bridgehead atoms. The summed E-state index contributed by atoms with van der Waals surface area (Å²) >= 11 is 0. The second-order valence-corrected chi connectivity index (χ2v) is 6.11. The average molecular weight is 328 g/mol. The summed E-state index contributed by atoms with van der Waals surface area (Å²) in [6.45, 7) is 4.74. The van der Waals surface area contributed by atoms with E-state index in [-0.39, 0.29) is 17.9 Å². The average Bonchev–Trinajstić information content (AvgIpc) is 3.23. The summed E-state index contributed by atoms with van der Waals surface area (Å²) in [6.07, 6.45) is 4.58. The van der Waals surface area contributed by atoms with Gasteiger partial charge in [0.05, 0.1) is 37.6 Å². The van der Waals surface area contributed by atoms with E-state index in [1.165, 1.54) is 5.56 Å². The van der Waals surface area contributed by atoms with Crippen molar-refractivity contribution in [3.05, 3.63) is 48.3 Å².